The lowest BCUT2D eigenvalue weighted by molar-refractivity contribution is 0.370. The third kappa shape index (κ3) is 2.60. The van der Waals surface area contributed by atoms with Gasteiger partial charge in [-0.3, -0.25) is 4.40 Å². The number of piperidine rings is 1. The summed E-state index contributed by atoms with van der Waals surface area (Å²) in [7, 11) is 0. The van der Waals surface area contributed by atoms with Crippen molar-refractivity contribution in [3.8, 4) is 0 Å². The first-order chi connectivity index (χ1) is 10.2. The van der Waals surface area contributed by atoms with E-state index in [9.17, 15) is 0 Å². The van der Waals surface area contributed by atoms with E-state index >= 15 is 0 Å². The highest BCUT2D eigenvalue weighted by Crippen LogP contribution is 2.27. The number of nitrogens with one attached hydrogen (secondary N) is 1. The highest BCUT2D eigenvalue weighted by Gasteiger charge is 2.29. The Morgan fingerprint density at radius 3 is 3.05 bits per heavy atom. The molecule has 2 aromatic rings. The van der Waals surface area contributed by atoms with Gasteiger partial charge in [-0.05, 0) is 39.7 Å². The number of likely N-dealkylation sites (N-methyl/N-ethyl adjacent to an activating group) is 1. The number of rotatable bonds is 4. The van der Waals surface area contributed by atoms with Crippen LogP contribution in [-0.4, -0.2) is 44.8 Å². The molecule has 114 valence electrons. The average molecular weight is 288 g/mol. The van der Waals surface area contributed by atoms with E-state index in [2.05, 4.69) is 39.2 Å². The molecule has 3 heterocycles. The topological polar surface area (TPSA) is 58.4 Å². The summed E-state index contributed by atoms with van der Waals surface area (Å²) in [5, 5.41) is 12.1. The summed E-state index contributed by atoms with van der Waals surface area (Å²) in [6, 6.07) is 0.913. The fourth-order valence-electron chi connectivity index (χ4n) is 3.33. The monoisotopic (exact) mass is 288 g/mol. The number of anilines is 1. The summed E-state index contributed by atoms with van der Waals surface area (Å²) >= 11 is 0. The minimum absolute atomic E-state index is 0.446. The fraction of sp³-hybridized carbons (Fsp3) is 0.667. The summed E-state index contributed by atoms with van der Waals surface area (Å²) in [4.78, 5) is 7.03. The highest BCUT2D eigenvalue weighted by molar-refractivity contribution is 5.64. The van der Waals surface area contributed by atoms with E-state index in [-0.39, 0.29) is 0 Å². The first kappa shape index (κ1) is 14.3. The van der Waals surface area contributed by atoms with Crippen LogP contribution < -0.4 is 10.2 Å². The van der Waals surface area contributed by atoms with Crippen LogP contribution in [0.15, 0.2) is 12.4 Å². The van der Waals surface area contributed by atoms with Crippen molar-refractivity contribution in [2.45, 2.75) is 52.1 Å². The molecule has 0 saturated carbocycles. The van der Waals surface area contributed by atoms with Crippen LogP contribution in [0.2, 0.25) is 0 Å². The van der Waals surface area contributed by atoms with Gasteiger partial charge in [0.15, 0.2) is 5.82 Å². The molecule has 1 aliphatic heterocycles. The van der Waals surface area contributed by atoms with Crippen molar-refractivity contribution in [1.82, 2.24) is 24.9 Å². The summed E-state index contributed by atoms with van der Waals surface area (Å²) in [5.74, 6) is 1.87. The zero-order valence-electron chi connectivity index (χ0n) is 13.1. The Kier molecular flexibility index (Phi) is 4.05. The van der Waals surface area contributed by atoms with Gasteiger partial charge in [0.2, 0.25) is 5.65 Å². The van der Waals surface area contributed by atoms with Gasteiger partial charge < -0.3 is 10.2 Å². The molecule has 6 heteroatoms. The molecular formula is C15H24N6. The van der Waals surface area contributed by atoms with E-state index < -0.39 is 0 Å². The smallest absolute Gasteiger partial charge is 0.203 e. The number of hydrogen-bond acceptors (Lipinski definition) is 5. The third-order valence-corrected chi connectivity index (χ3v) is 4.40. The van der Waals surface area contributed by atoms with E-state index in [1.807, 2.05) is 23.7 Å². The van der Waals surface area contributed by atoms with Crippen molar-refractivity contribution < 1.29 is 0 Å². The molecule has 1 saturated heterocycles. The first-order valence-corrected chi connectivity index (χ1v) is 7.88. The maximum atomic E-state index is 4.61. The molecule has 6 nitrogen and oxygen atoms in total. The standard InChI is InChI=1S/C15H24N6/c1-4-16-11(2)13-7-5-6-9-21(13)14-15-19-18-12(3)20(15)10-8-17-14/h8,10-11,13,16H,4-7,9H2,1-3H3. The summed E-state index contributed by atoms with van der Waals surface area (Å²) < 4.78 is 2.02. The van der Waals surface area contributed by atoms with Gasteiger partial charge in [-0.2, -0.15) is 0 Å². The summed E-state index contributed by atoms with van der Waals surface area (Å²) in [6.45, 7) is 8.43. The Labute approximate surface area is 125 Å². The molecule has 2 atom stereocenters. The molecule has 0 aromatic carbocycles. The van der Waals surface area contributed by atoms with Crippen LogP contribution in [0, 0.1) is 6.92 Å². The number of aryl methyl sites for hydroxylation is 1. The predicted octanol–water partition coefficient (Wildman–Crippen LogP) is 1.79. The normalized spacial score (nSPS) is 20.9. The fourth-order valence-corrected chi connectivity index (χ4v) is 3.33. The molecular weight excluding hydrogens is 264 g/mol. The van der Waals surface area contributed by atoms with Crippen LogP contribution in [0.4, 0.5) is 5.82 Å². The lowest BCUT2D eigenvalue weighted by atomic mass is 9.96. The maximum absolute atomic E-state index is 4.61. The summed E-state index contributed by atoms with van der Waals surface area (Å²) in [5.41, 5.74) is 0.866. The van der Waals surface area contributed by atoms with E-state index in [1.54, 1.807) is 0 Å². The van der Waals surface area contributed by atoms with Gasteiger partial charge in [-0.25, -0.2) is 4.98 Å². The lowest BCUT2D eigenvalue weighted by Gasteiger charge is -2.40. The molecule has 1 aliphatic rings. The minimum atomic E-state index is 0.446. The van der Waals surface area contributed by atoms with E-state index in [0.717, 1.165) is 30.4 Å². The van der Waals surface area contributed by atoms with Crippen LogP contribution in [-0.2, 0) is 0 Å². The van der Waals surface area contributed by atoms with Crippen molar-refractivity contribution in [3.05, 3.63) is 18.2 Å². The Hall–Kier alpha value is -1.69. The Balaban J connectivity index is 1.98. The van der Waals surface area contributed by atoms with Crippen LogP contribution >= 0.6 is 0 Å². The van der Waals surface area contributed by atoms with Gasteiger partial charge >= 0.3 is 0 Å². The average Bonchev–Trinajstić information content (AvgIpc) is 2.89. The number of aromatic nitrogens is 4. The van der Waals surface area contributed by atoms with Crippen LogP contribution in [0.25, 0.3) is 5.65 Å². The molecule has 2 unspecified atom stereocenters. The van der Waals surface area contributed by atoms with Crippen LogP contribution in [0.3, 0.4) is 0 Å². The second-order valence-corrected chi connectivity index (χ2v) is 5.79. The second kappa shape index (κ2) is 5.97. The summed E-state index contributed by atoms with van der Waals surface area (Å²) in [6.07, 6.45) is 7.48. The molecule has 0 spiro atoms. The zero-order valence-corrected chi connectivity index (χ0v) is 13.1. The zero-order chi connectivity index (χ0) is 14.8. The number of hydrogen-bond donors (Lipinski definition) is 1. The molecule has 1 N–H and O–H groups in total. The first-order valence-electron chi connectivity index (χ1n) is 7.88. The van der Waals surface area contributed by atoms with Gasteiger partial charge in [0.05, 0.1) is 0 Å². The van der Waals surface area contributed by atoms with E-state index in [4.69, 9.17) is 0 Å². The second-order valence-electron chi connectivity index (χ2n) is 5.79. The molecule has 0 aliphatic carbocycles. The van der Waals surface area contributed by atoms with E-state index in [1.165, 1.54) is 19.3 Å². The van der Waals surface area contributed by atoms with Crippen molar-refractivity contribution in [1.29, 1.82) is 0 Å². The Morgan fingerprint density at radius 1 is 1.38 bits per heavy atom. The molecule has 1 fully saturated rings. The van der Waals surface area contributed by atoms with E-state index in [0.29, 0.717) is 12.1 Å². The molecule has 3 rings (SSSR count). The molecule has 0 amide bonds. The maximum Gasteiger partial charge on any atom is 0.203 e. The third-order valence-electron chi connectivity index (χ3n) is 4.40. The molecule has 0 bridgehead atoms. The van der Waals surface area contributed by atoms with Crippen molar-refractivity contribution >= 4 is 11.5 Å². The number of nitrogens with zero attached hydrogens (tertiary/aromatic N) is 5. The lowest BCUT2D eigenvalue weighted by Crippen LogP contribution is -2.51. The van der Waals surface area contributed by atoms with Gasteiger partial charge in [0, 0.05) is 31.0 Å². The van der Waals surface area contributed by atoms with Crippen molar-refractivity contribution in [2.75, 3.05) is 18.0 Å². The van der Waals surface area contributed by atoms with Crippen molar-refractivity contribution in [2.24, 2.45) is 0 Å². The predicted molar refractivity (Wildman–Crippen MR) is 83.6 cm³/mol. The van der Waals surface area contributed by atoms with Gasteiger partial charge in [-0.1, -0.05) is 6.92 Å². The molecule has 21 heavy (non-hydrogen) atoms. The Bertz CT molecular complexity index is 607. The molecule has 0 radical (unpaired) electrons. The van der Waals surface area contributed by atoms with Crippen LogP contribution in [0.1, 0.15) is 38.9 Å². The number of fused-ring (bicyclic) bond motifs is 1. The largest absolute Gasteiger partial charge is 0.349 e. The quantitative estimate of drug-likeness (QED) is 0.929. The molecule has 2 aromatic heterocycles. The highest BCUT2D eigenvalue weighted by atomic mass is 15.3. The SMILES string of the molecule is CCNC(C)C1CCCCN1c1nccn2c(C)nnc12. The van der Waals surface area contributed by atoms with Gasteiger partial charge in [-0.15, -0.1) is 10.2 Å². The van der Waals surface area contributed by atoms with Crippen LogP contribution in [0.5, 0.6) is 0 Å². The Morgan fingerprint density at radius 2 is 2.24 bits per heavy atom. The minimum Gasteiger partial charge on any atom is -0.349 e. The van der Waals surface area contributed by atoms with Gasteiger partial charge in [0.1, 0.15) is 5.82 Å². The van der Waals surface area contributed by atoms with Crippen molar-refractivity contribution in [3.63, 3.8) is 0 Å². The van der Waals surface area contributed by atoms with Gasteiger partial charge in [0.25, 0.3) is 0 Å².